The second-order valence-corrected chi connectivity index (χ2v) is 28.1. The van der Waals surface area contributed by atoms with Crippen molar-refractivity contribution in [3.63, 3.8) is 0 Å². The maximum absolute atomic E-state index is 12.5. The summed E-state index contributed by atoms with van der Waals surface area (Å²) in [7, 11) is 0. The molecule has 0 fully saturated rings. The van der Waals surface area contributed by atoms with E-state index in [1.54, 1.807) is 6.08 Å². The van der Waals surface area contributed by atoms with Gasteiger partial charge in [-0.05, 0) is 96.3 Å². The molecule has 0 saturated heterocycles. The molecule has 2 atom stereocenters. The van der Waals surface area contributed by atoms with Gasteiger partial charge in [0.25, 0.3) is 0 Å². The van der Waals surface area contributed by atoms with Crippen molar-refractivity contribution in [3.05, 3.63) is 60.8 Å². The first kappa shape index (κ1) is 88.6. The van der Waals surface area contributed by atoms with Gasteiger partial charge < -0.3 is 20.3 Å². The summed E-state index contributed by atoms with van der Waals surface area (Å²) in [6.07, 6.45) is 108. The molecule has 0 radical (unpaired) electrons. The smallest absolute Gasteiger partial charge is 0.305 e. The maximum atomic E-state index is 12.5. The number of carbonyl (C=O) groups is 2. The summed E-state index contributed by atoms with van der Waals surface area (Å²) in [6, 6.07) is -0.626. The van der Waals surface area contributed by atoms with Crippen LogP contribution in [-0.2, 0) is 14.3 Å². The van der Waals surface area contributed by atoms with Gasteiger partial charge in [-0.25, -0.2) is 0 Å². The molecule has 2 unspecified atom stereocenters. The lowest BCUT2D eigenvalue weighted by Gasteiger charge is -2.20. The quantitative estimate of drug-likeness (QED) is 0.0320. The summed E-state index contributed by atoms with van der Waals surface area (Å²) >= 11 is 0. The van der Waals surface area contributed by atoms with Crippen LogP contribution < -0.4 is 5.32 Å². The van der Waals surface area contributed by atoms with E-state index in [9.17, 15) is 19.8 Å². The zero-order valence-electron chi connectivity index (χ0n) is 61.3. The molecule has 0 spiro atoms. The van der Waals surface area contributed by atoms with E-state index < -0.39 is 12.1 Å². The molecular formula is C85H159NO5. The van der Waals surface area contributed by atoms with Crippen LogP contribution in [0.15, 0.2) is 60.8 Å². The molecule has 0 aliphatic carbocycles. The zero-order chi connectivity index (χ0) is 65.6. The average Bonchev–Trinajstić information content (AvgIpc) is 3.67. The number of ether oxygens (including phenoxy) is 1. The zero-order valence-corrected chi connectivity index (χ0v) is 61.3. The van der Waals surface area contributed by atoms with E-state index >= 15 is 0 Å². The number of rotatable bonds is 77. The van der Waals surface area contributed by atoms with Gasteiger partial charge >= 0.3 is 5.97 Å². The van der Waals surface area contributed by atoms with Crippen LogP contribution in [0.3, 0.4) is 0 Å². The maximum Gasteiger partial charge on any atom is 0.305 e. The van der Waals surface area contributed by atoms with Crippen LogP contribution >= 0.6 is 0 Å². The Balaban J connectivity index is 3.36. The summed E-state index contributed by atoms with van der Waals surface area (Å²) in [5.41, 5.74) is 0. The first-order chi connectivity index (χ1) is 45.0. The minimum absolute atomic E-state index is 0.0166. The number of unbranched alkanes of at least 4 members (excludes halogenated alkanes) is 58. The lowest BCUT2D eigenvalue weighted by atomic mass is 10.0. The van der Waals surface area contributed by atoms with Crippen LogP contribution in [-0.4, -0.2) is 47.4 Å². The Morgan fingerprint density at radius 3 is 0.857 bits per heavy atom. The Bertz CT molecular complexity index is 1570. The van der Waals surface area contributed by atoms with Crippen LogP contribution in [0.4, 0.5) is 0 Å². The van der Waals surface area contributed by atoms with Gasteiger partial charge in [0.15, 0.2) is 0 Å². The molecule has 0 aromatic heterocycles. The van der Waals surface area contributed by atoms with Crippen molar-refractivity contribution < 1.29 is 24.5 Å². The highest BCUT2D eigenvalue weighted by Gasteiger charge is 2.18. The largest absolute Gasteiger partial charge is 0.466 e. The number of hydrogen-bond donors (Lipinski definition) is 3. The van der Waals surface area contributed by atoms with Crippen molar-refractivity contribution in [1.29, 1.82) is 0 Å². The van der Waals surface area contributed by atoms with Crippen LogP contribution in [0.2, 0.25) is 0 Å². The third-order valence-electron chi connectivity index (χ3n) is 19.0. The van der Waals surface area contributed by atoms with Crippen molar-refractivity contribution in [3.8, 4) is 0 Å². The third-order valence-corrected chi connectivity index (χ3v) is 19.0. The fourth-order valence-electron chi connectivity index (χ4n) is 12.8. The van der Waals surface area contributed by atoms with Crippen LogP contribution in [0.25, 0.3) is 0 Å². The molecule has 0 heterocycles. The fraction of sp³-hybridized carbons (Fsp3) is 0.859. The third kappa shape index (κ3) is 76.5. The standard InChI is InChI=1S/C85H159NO5/c1-3-5-7-9-11-13-15-17-19-21-43-47-51-55-59-63-67-71-75-79-85(90)91-80-76-72-68-64-60-56-52-48-45-42-40-38-36-34-32-30-28-26-24-22-23-25-27-29-31-33-35-37-39-41-44-46-50-54-58-62-66-70-74-78-84(89)86-82(81-87)83(88)77-73-69-65-61-57-53-49-20-18-16-14-12-10-8-6-4-2/h11,13,17,19,22-23,26,28,73,77,82-83,87-88H,3-10,12,14-16,18,20-21,24-25,27,29-72,74-76,78-81H2,1-2H3,(H,86,89)/b13-11-,19-17-,23-22-,28-26-,77-73+. The second-order valence-electron chi connectivity index (χ2n) is 28.1. The Morgan fingerprint density at radius 2 is 0.549 bits per heavy atom. The van der Waals surface area contributed by atoms with E-state index in [0.717, 1.165) is 57.8 Å². The SMILES string of the molecule is CCCCC/C=C\C/C=C\CCCCCCCCCCCC(=O)OCCCCCCCCCCCCCCCCC/C=C\C/C=C\CCCCCCCCCCCCCCCCCCCC(=O)NC(CO)C(O)/C=C/CCCCCCCCCCCCCCCC. The number of amides is 1. The number of carbonyl (C=O) groups excluding carboxylic acids is 2. The summed E-state index contributed by atoms with van der Waals surface area (Å²) in [6.45, 7) is 4.91. The van der Waals surface area contributed by atoms with E-state index in [-0.39, 0.29) is 18.5 Å². The molecule has 0 rings (SSSR count). The van der Waals surface area contributed by atoms with Crippen LogP contribution in [0, 0.1) is 0 Å². The lowest BCUT2D eigenvalue weighted by molar-refractivity contribution is -0.143. The second kappa shape index (κ2) is 80.0. The highest BCUT2D eigenvalue weighted by molar-refractivity contribution is 5.76. The highest BCUT2D eigenvalue weighted by atomic mass is 16.5. The van der Waals surface area contributed by atoms with Gasteiger partial charge in [0.2, 0.25) is 5.91 Å². The molecular weight excluding hydrogens is 1110 g/mol. The minimum atomic E-state index is -0.843. The molecule has 3 N–H and O–H groups in total. The van der Waals surface area contributed by atoms with Crippen molar-refractivity contribution in [2.24, 2.45) is 0 Å². The van der Waals surface area contributed by atoms with Gasteiger partial charge in [0.1, 0.15) is 0 Å². The Hall–Kier alpha value is -2.44. The minimum Gasteiger partial charge on any atom is -0.466 e. The van der Waals surface area contributed by atoms with Crippen molar-refractivity contribution in [2.75, 3.05) is 13.2 Å². The molecule has 1 amide bonds. The molecule has 6 heteroatoms. The first-order valence-corrected chi connectivity index (χ1v) is 41.1. The molecule has 91 heavy (non-hydrogen) atoms. The number of esters is 1. The van der Waals surface area contributed by atoms with Crippen molar-refractivity contribution >= 4 is 11.9 Å². The van der Waals surface area contributed by atoms with Crippen LogP contribution in [0.1, 0.15) is 444 Å². The van der Waals surface area contributed by atoms with Gasteiger partial charge in [-0.3, -0.25) is 9.59 Å². The molecule has 0 aliphatic rings. The van der Waals surface area contributed by atoms with Gasteiger partial charge in [0.05, 0.1) is 25.4 Å². The van der Waals surface area contributed by atoms with E-state index in [0.29, 0.717) is 19.4 Å². The van der Waals surface area contributed by atoms with E-state index in [4.69, 9.17) is 4.74 Å². The number of aliphatic hydroxyl groups is 2. The van der Waals surface area contributed by atoms with Gasteiger partial charge in [0, 0.05) is 12.8 Å². The Kier molecular flexibility index (Phi) is 77.9. The van der Waals surface area contributed by atoms with Crippen LogP contribution in [0.5, 0.6) is 0 Å². The van der Waals surface area contributed by atoms with E-state index in [1.165, 1.54) is 360 Å². The number of nitrogens with one attached hydrogen (secondary N) is 1. The molecule has 0 aromatic rings. The van der Waals surface area contributed by atoms with Gasteiger partial charge in [-0.15, -0.1) is 0 Å². The summed E-state index contributed by atoms with van der Waals surface area (Å²) < 4.78 is 5.52. The summed E-state index contributed by atoms with van der Waals surface area (Å²) in [4.78, 5) is 24.6. The van der Waals surface area contributed by atoms with E-state index in [2.05, 4.69) is 67.8 Å². The number of allylic oxidation sites excluding steroid dienone is 9. The van der Waals surface area contributed by atoms with Crippen molar-refractivity contribution in [2.45, 2.75) is 456 Å². The molecule has 6 nitrogen and oxygen atoms in total. The Labute approximate surface area is 569 Å². The topological polar surface area (TPSA) is 95.9 Å². The first-order valence-electron chi connectivity index (χ1n) is 41.1. The molecule has 0 aliphatic heterocycles. The number of hydrogen-bond acceptors (Lipinski definition) is 5. The lowest BCUT2D eigenvalue weighted by Crippen LogP contribution is -2.45. The molecule has 534 valence electrons. The Morgan fingerprint density at radius 1 is 0.308 bits per heavy atom. The van der Waals surface area contributed by atoms with Gasteiger partial charge in [-0.1, -0.05) is 396 Å². The van der Waals surface area contributed by atoms with Gasteiger partial charge in [-0.2, -0.15) is 0 Å². The van der Waals surface area contributed by atoms with E-state index in [1.807, 2.05) is 6.08 Å². The predicted octanol–water partition coefficient (Wildman–Crippen LogP) is 27.3. The molecule has 0 bridgehead atoms. The highest BCUT2D eigenvalue weighted by Crippen LogP contribution is 2.19. The number of aliphatic hydroxyl groups excluding tert-OH is 2. The normalized spacial score (nSPS) is 12.8. The molecule has 0 aromatic carbocycles. The van der Waals surface area contributed by atoms with Crippen molar-refractivity contribution in [1.82, 2.24) is 5.32 Å². The average molecular weight is 1280 g/mol. The monoisotopic (exact) mass is 1270 g/mol. The summed E-state index contributed by atoms with van der Waals surface area (Å²) in [5, 5.41) is 23.2. The fourth-order valence-corrected chi connectivity index (χ4v) is 12.8. The molecule has 0 saturated carbocycles. The predicted molar refractivity (Wildman–Crippen MR) is 402 cm³/mol. The summed E-state index contributed by atoms with van der Waals surface area (Å²) in [5.74, 6) is -0.0456.